The molecular weight excluding hydrogens is 198 g/mol. The second-order valence-electron chi connectivity index (χ2n) is 6.49. The van der Waals surface area contributed by atoms with Gasteiger partial charge in [0.05, 0.1) is 0 Å². The van der Waals surface area contributed by atoms with Gasteiger partial charge in [-0.25, -0.2) is 0 Å². The maximum absolute atomic E-state index is 11.8. The summed E-state index contributed by atoms with van der Waals surface area (Å²) in [6, 6.07) is 0. The molecule has 1 N–H and O–H groups in total. The average Bonchev–Trinajstić information content (AvgIpc) is 2.49. The molecule has 0 spiro atoms. The van der Waals surface area contributed by atoms with E-state index in [2.05, 4.69) is 38.2 Å². The van der Waals surface area contributed by atoms with Crippen LogP contribution in [0.2, 0.25) is 0 Å². The van der Waals surface area contributed by atoms with Gasteiger partial charge in [-0.15, -0.1) is 0 Å². The van der Waals surface area contributed by atoms with Gasteiger partial charge in [-0.2, -0.15) is 0 Å². The summed E-state index contributed by atoms with van der Waals surface area (Å²) in [5.74, 6) is 0.0855. The molecule has 16 heavy (non-hydrogen) atoms. The van der Waals surface area contributed by atoms with E-state index in [9.17, 15) is 4.79 Å². The van der Waals surface area contributed by atoms with Crippen LogP contribution in [0.1, 0.15) is 48.0 Å². The van der Waals surface area contributed by atoms with E-state index >= 15 is 0 Å². The van der Waals surface area contributed by atoms with Crippen LogP contribution >= 0.6 is 0 Å². The van der Waals surface area contributed by atoms with E-state index in [0.29, 0.717) is 0 Å². The number of nitrogens with one attached hydrogen (secondary N) is 1. The Labute approximate surface area is 98.8 Å². The molecule has 0 unspecified atom stereocenters. The van der Waals surface area contributed by atoms with Crippen LogP contribution in [0.15, 0.2) is 23.4 Å². The quantitative estimate of drug-likeness (QED) is 0.722. The lowest BCUT2D eigenvalue weighted by Gasteiger charge is -2.19. The average molecular weight is 221 g/mol. The molecular formula is C14H23NO. The molecule has 0 atom stereocenters. The van der Waals surface area contributed by atoms with Crippen LogP contribution in [0.25, 0.3) is 0 Å². The molecule has 0 heterocycles. The molecule has 1 rings (SSSR count). The number of carbonyl (C=O) groups is 1. The van der Waals surface area contributed by atoms with Gasteiger partial charge in [0.2, 0.25) is 5.91 Å². The van der Waals surface area contributed by atoms with Gasteiger partial charge in [0.1, 0.15) is 0 Å². The van der Waals surface area contributed by atoms with Gasteiger partial charge in [0.25, 0.3) is 0 Å². The lowest BCUT2D eigenvalue weighted by molar-refractivity contribution is -0.127. The molecule has 0 fully saturated rings. The first-order valence-electron chi connectivity index (χ1n) is 5.83. The van der Waals surface area contributed by atoms with Crippen molar-refractivity contribution in [1.82, 2.24) is 5.32 Å². The van der Waals surface area contributed by atoms with Gasteiger partial charge in [-0.1, -0.05) is 47.6 Å². The molecule has 0 aromatic heterocycles. The number of carbonyl (C=O) groups excluding carboxylic acids is 1. The van der Waals surface area contributed by atoms with Gasteiger partial charge in [0.15, 0.2) is 0 Å². The molecule has 2 heteroatoms. The first-order chi connectivity index (χ1) is 7.10. The van der Waals surface area contributed by atoms with Crippen LogP contribution in [0, 0.1) is 10.8 Å². The normalized spacial score (nSPS) is 16.9. The van der Waals surface area contributed by atoms with Crippen LogP contribution in [-0.4, -0.2) is 5.91 Å². The fourth-order valence-electron chi connectivity index (χ4n) is 1.47. The molecule has 0 aromatic carbocycles. The molecule has 0 bridgehead atoms. The first-order valence-corrected chi connectivity index (χ1v) is 5.83. The number of hydrogen-bond acceptors (Lipinski definition) is 1. The molecule has 0 aromatic rings. The lowest BCUT2D eigenvalue weighted by Crippen LogP contribution is -2.33. The van der Waals surface area contributed by atoms with Crippen molar-refractivity contribution in [2.24, 2.45) is 10.8 Å². The minimum atomic E-state index is -0.328. The van der Waals surface area contributed by atoms with Crippen molar-refractivity contribution >= 4 is 5.91 Å². The summed E-state index contributed by atoms with van der Waals surface area (Å²) in [5.41, 5.74) is 2.15. The smallest absolute Gasteiger partial charge is 0.229 e. The zero-order valence-electron chi connectivity index (χ0n) is 11.3. The maximum atomic E-state index is 11.8. The zero-order valence-corrected chi connectivity index (χ0v) is 11.3. The largest absolute Gasteiger partial charge is 0.329 e. The highest BCUT2D eigenvalue weighted by molar-refractivity contribution is 5.83. The molecule has 2 nitrogen and oxygen atoms in total. The third kappa shape index (κ3) is 3.22. The van der Waals surface area contributed by atoms with Crippen molar-refractivity contribution in [2.45, 2.75) is 48.0 Å². The molecule has 0 saturated carbocycles. The fraction of sp³-hybridized carbons (Fsp3) is 0.643. The van der Waals surface area contributed by atoms with Gasteiger partial charge in [0, 0.05) is 17.5 Å². The molecule has 0 saturated heterocycles. The van der Waals surface area contributed by atoms with E-state index in [1.807, 2.05) is 20.8 Å². The minimum absolute atomic E-state index is 0.0855. The summed E-state index contributed by atoms with van der Waals surface area (Å²) in [4.78, 5) is 11.8. The van der Waals surface area contributed by atoms with Crippen molar-refractivity contribution < 1.29 is 4.79 Å². The number of hydrogen-bond donors (Lipinski definition) is 1. The van der Waals surface area contributed by atoms with Crippen LogP contribution in [0.5, 0.6) is 0 Å². The number of amides is 1. The zero-order chi connectivity index (χ0) is 12.6. The highest BCUT2D eigenvalue weighted by Crippen LogP contribution is 2.32. The van der Waals surface area contributed by atoms with E-state index in [0.717, 1.165) is 12.1 Å². The summed E-state index contributed by atoms with van der Waals surface area (Å²) in [5, 5.41) is 2.99. The molecule has 0 aliphatic heterocycles. The van der Waals surface area contributed by atoms with E-state index in [1.165, 1.54) is 5.57 Å². The van der Waals surface area contributed by atoms with Crippen molar-refractivity contribution in [3.63, 3.8) is 0 Å². The lowest BCUT2D eigenvalue weighted by atomic mass is 9.87. The Morgan fingerprint density at radius 1 is 1.19 bits per heavy atom. The summed E-state index contributed by atoms with van der Waals surface area (Å²) >= 11 is 0. The predicted molar refractivity (Wildman–Crippen MR) is 67.8 cm³/mol. The van der Waals surface area contributed by atoms with E-state index < -0.39 is 0 Å². The van der Waals surface area contributed by atoms with E-state index in [4.69, 9.17) is 0 Å². The highest BCUT2D eigenvalue weighted by Gasteiger charge is 2.24. The molecule has 0 radical (unpaired) electrons. The van der Waals surface area contributed by atoms with Gasteiger partial charge < -0.3 is 5.32 Å². The Bertz CT molecular complexity index is 348. The van der Waals surface area contributed by atoms with Gasteiger partial charge >= 0.3 is 0 Å². The summed E-state index contributed by atoms with van der Waals surface area (Å²) in [7, 11) is 0. The molecule has 1 amide bonds. The van der Waals surface area contributed by atoms with Crippen LogP contribution in [-0.2, 0) is 4.79 Å². The Kier molecular flexibility index (Phi) is 3.32. The Morgan fingerprint density at radius 2 is 1.75 bits per heavy atom. The first kappa shape index (κ1) is 13.0. The van der Waals surface area contributed by atoms with Gasteiger partial charge in [-0.3, -0.25) is 4.79 Å². The second kappa shape index (κ2) is 4.08. The standard InChI is InChI=1S/C14H23NO/c1-13(2,3)10-7-8-11(9-10)15-12(16)14(4,5)6/h7,9H,8H2,1-6H3,(H,15,16). The summed E-state index contributed by atoms with van der Waals surface area (Å²) in [6.45, 7) is 12.3. The highest BCUT2D eigenvalue weighted by atomic mass is 16.2. The van der Waals surface area contributed by atoms with Crippen molar-refractivity contribution in [3.8, 4) is 0 Å². The monoisotopic (exact) mass is 221 g/mol. The topological polar surface area (TPSA) is 29.1 Å². The maximum Gasteiger partial charge on any atom is 0.229 e. The molecule has 90 valence electrons. The van der Waals surface area contributed by atoms with Crippen molar-refractivity contribution in [1.29, 1.82) is 0 Å². The van der Waals surface area contributed by atoms with Gasteiger partial charge in [-0.05, 0) is 17.1 Å². The Morgan fingerprint density at radius 3 is 2.12 bits per heavy atom. The molecule has 1 aliphatic rings. The van der Waals surface area contributed by atoms with Crippen molar-refractivity contribution in [3.05, 3.63) is 23.4 Å². The number of allylic oxidation sites excluding steroid dienone is 3. The summed E-state index contributed by atoms with van der Waals surface area (Å²) < 4.78 is 0. The molecule has 1 aliphatic carbocycles. The predicted octanol–water partition coefficient (Wildman–Crippen LogP) is 3.41. The minimum Gasteiger partial charge on any atom is -0.329 e. The fourth-order valence-corrected chi connectivity index (χ4v) is 1.47. The number of rotatable bonds is 1. The van der Waals surface area contributed by atoms with Crippen LogP contribution in [0.3, 0.4) is 0 Å². The van der Waals surface area contributed by atoms with E-state index in [1.54, 1.807) is 0 Å². The SMILES string of the molecule is CC(C)(C)C(=O)NC1=CC(C(C)(C)C)=CC1. The Balaban J connectivity index is 2.66. The van der Waals surface area contributed by atoms with Crippen molar-refractivity contribution in [2.75, 3.05) is 0 Å². The van der Waals surface area contributed by atoms with Crippen LogP contribution in [0.4, 0.5) is 0 Å². The second-order valence-corrected chi connectivity index (χ2v) is 6.49. The third-order valence-corrected chi connectivity index (χ3v) is 2.69. The summed E-state index contributed by atoms with van der Waals surface area (Å²) in [6.07, 6.45) is 5.14. The Hall–Kier alpha value is -1.05. The van der Waals surface area contributed by atoms with Crippen LogP contribution < -0.4 is 5.32 Å². The van der Waals surface area contributed by atoms with E-state index in [-0.39, 0.29) is 16.7 Å². The third-order valence-electron chi connectivity index (χ3n) is 2.69.